The summed E-state index contributed by atoms with van der Waals surface area (Å²) >= 11 is 6.13. The summed E-state index contributed by atoms with van der Waals surface area (Å²) in [7, 11) is -4.22. The molecule has 2 rings (SSSR count). The summed E-state index contributed by atoms with van der Waals surface area (Å²) in [5.41, 5.74) is 5.16. The number of sulfonamides is 1. The van der Waals surface area contributed by atoms with Crippen LogP contribution in [0, 0.1) is 11.6 Å². The van der Waals surface area contributed by atoms with E-state index < -0.39 is 27.3 Å². The van der Waals surface area contributed by atoms with E-state index >= 15 is 0 Å². The molecule has 0 spiro atoms. The van der Waals surface area contributed by atoms with Crippen molar-refractivity contribution in [2.45, 2.75) is 4.90 Å². The molecule has 0 aromatic heterocycles. The maximum Gasteiger partial charge on any atom is 0.264 e. The molecule has 4 nitrogen and oxygen atoms in total. The number of halogens is 4. The highest BCUT2D eigenvalue weighted by molar-refractivity contribution is 9.11. The fraction of sp³-hybridized carbons (Fsp3) is 0. The predicted molar refractivity (Wildman–Crippen MR) is 83.4 cm³/mol. The van der Waals surface area contributed by atoms with Crippen LogP contribution in [0.5, 0.6) is 0 Å². The number of anilines is 2. The Labute approximate surface area is 136 Å². The summed E-state index contributed by atoms with van der Waals surface area (Å²) in [5.74, 6) is -2.03. The topological polar surface area (TPSA) is 72.2 Å². The van der Waals surface area contributed by atoms with Crippen LogP contribution in [0.1, 0.15) is 0 Å². The van der Waals surface area contributed by atoms with Crippen molar-refractivity contribution in [2.24, 2.45) is 0 Å². The van der Waals surface area contributed by atoms with Gasteiger partial charge < -0.3 is 5.73 Å². The lowest BCUT2D eigenvalue weighted by Gasteiger charge is -2.13. The number of nitrogens with two attached hydrogens (primary N) is 1. The Morgan fingerprint density at radius 2 is 1.52 bits per heavy atom. The summed E-state index contributed by atoms with van der Waals surface area (Å²) < 4.78 is 54.0. The third-order valence-corrected chi connectivity index (χ3v) is 5.71. The van der Waals surface area contributed by atoms with Crippen molar-refractivity contribution >= 4 is 53.3 Å². The Morgan fingerprint density at radius 1 is 1.05 bits per heavy atom. The quantitative estimate of drug-likeness (QED) is 0.710. The minimum absolute atomic E-state index is 0.165. The molecule has 0 atom stereocenters. The molecule has 0 heterocycles. The van der Waals surface area contributed by atoms with Gasteiger partial charge in [0.15, 0.2) is 0 Å². The molecule has 0 bridgehead atoms. The second-order valence-electron chi connectivity index (χ2n) is 4.02. The van der Waals surface area contributed by atoms with Gasteiger partial charge in [0.25, 0.3) is 10.0 Å². The summed E-state index contributed by atoms with van der Waals surface area (Å²) in [6.45, 7) is 0. The molecular weight excluding hydrogens is 434 g/mol. The molecule has 0 aliphatic heterocycles. The summed E-state index contributed by atoms with van der Waals surface area (Å²) in [6, 6.07) is 5.79. The van der Waals surface area contributed by atoms with Gasteiger partial charge in [0.1, 0.15) is 22.2 Å². The SMILES string of the molecule is Nc1cc(Br)c(S(=O)(=O)Nc2c(F)cccc2F)c(Br)c1. The van der Waals surface area contributed by atoms with Crippen LogP contribution < -0.4 is 10.5 Å². The first-order chi connectivity index (χ1) is 9.72. The van der Waals surface area contributed by atoms with Gasteiger partial charge in [0.2, 0.25) is 0 Å². The number of hydrogen-bond acceptors (Lipinski definition) is 3. The molecule has 2 aromatic rings. The largest absolute Gasteiger partial charge is 0.399 e. The fourth-order valence-corrected chi connectivity index (χ4v) is 5.31. The van der Waals surface area contributed by atoms with Crippen LogP contribution in [-0.2, 0) is 10.0 Å². The lowest BCUT2D eigenvalue weighted by molar-refractivity contribution is 0.582. The van der Waals surface area contributed by atoms with Crippen LogP contribution in [0.4, 0.5) is 20.2 Å². The van der Waals surface area contributed by atoms with Gasteiger partial charge in [-0.3, -0.25) is 4.72 Å². The molecule has 9 heteroatoms. The molecule has 0 fully saturated rings. The number of hydrogen-bond donors (Lipinski definition) is 2. The number of benzene rings is 2. The normalized spacial score (nSPS) is 11.4. The van der Waals surface area contributed by atoms with Crippen molar-refractivity contribution in [3.8, 4) is 0 Å². The van der Waals surface area contributed by atoms with Crippen LogP contribution >= 0.6 is 31.9 Å². The number of rotatable bonds is 3. The lowest BCUT2D eigenvalue weighted by Crippen LogP contribution is -2.16. The van der Waals surface area contributed by atoms with E-state index in [2.05, 4.69) is 31.9 Å². The zero-order chi connectivity index (χ0) is 15.8. The maximum atomic E-state index is 13.6. The Morgan fingerprint density at radius 3 is 2.00 bits per heavy atom. The summed E-state index contributed by atoms with van der Waals surface area (Å²) in [4.78, 5) is -0.209. The molecule has 112 valence electrons. The van der Waals surface area contributed by atoms with Gasteiger partial charge >= 0.3 is 0 Å². The van der Waals surface area contributed by atoms with Crippen molar-refractivity contribution in [3.63, 3.8) is 0 Å². The molecule has 3 N–H and O–H groups in total. The summed E-state index contributed by atoms with van der Waals surface area (Å²) in [6.07, 6.45) is 0. The predicted octanol–water partition coefficient (Wildman–Crippen LogP) is 3.87. The maximum absolute atomic E-state index is 13.6. The van der Waals surface area contributed by atoms with E-state index in [-0.39, 0.29) is 13.8 Å². The van der Waals surface area contributed by atoms with Gasteiger partial charge in [-0.2, -0.15) is 0 Å². The minimum atomic E-state index is -4.22. The van der Waals surface area contributed by atoms with E-state index in [1.165, 1.54) is 12.1 Å². The highest BCUT2D eigenvalue weighted by Crippen LogP contribution is 2.34. The standard InChI is InChI=1S/C12H8Br2F2N2O2S/c13-7-4-6(17)5-8(14)12(7)21(19,20)18-11-9(15)2-1-3-10(11)16/h1-5,18H,17H2. The number of para-hydroxylation sites is 1. The van der Waals surface area contributed by atoms with E-state index in [1.54, 1.807) is 0 Å². The van der Waals surface area contributed by atoms with E-state index in [9.17, 15) is 17.2 Å². The molecule has 21 heavy (non-hydrogen) atoms. The van der Waals surface area contributed by atoms with Gasteiger partial charge in [-0.1, -0.05) is 6.07 Å². The molecule has 0 aliphatic carbocycles. The van der Waals surface area contributed by atoms with Crippen molar-refractivity contribution in [3.05, 3.63) is 50.9 Å². The highest BCUT2D eigenvalue weighted by atomic mass is 79.9. The van der Waals surface area contributed by atoms with Crippen LogP contribution in [-0.4, -0.2) is 8.42 Å². The highest BCUT2D eigenvalue weighted by Gasteiger charge is 2.24. The smallest absolute Gasteiger partial charge is 0.264 e. The number of nitrogens with one attached hydrogen (secondary N) is 1. The van der Waals surface area contributed by atoms with Crippen molar-refractivity contribution < 1.29 is 17.2 Å². The van der Waals surface area contributed by atoms with Gasteiger partial charge in [-0.25, -0.2) is 17.2 Å². The molecule has 0 saturated heterocycles. The zero-order valence-electron chi connectivity index (χ0n) is 10.2. The Balaban J connectivity index is 2.54. The van der Waals surface area contributed by atoms with E-state index in [1.807, 2.05) is 4.72 Å². The Kier molecular flexibility index (Phi) is 4.54. The zero-order valence-corrected chi connectivity index (χ0v) is 14.2. The summed E-state index contributed by atoms with van der Waals surface area (Å²) in [5, 5.41) is 0. The molecular formula is C12H8Br2F2N2O2S. The molecule has 0 radical (unpaired) electrons. The second kappa shape index (κ2) is 5.90. The van der Waals surface area contributed by atoms with Gasteiger partial charge in [-0.05, 0) is 56.1 Å². The third kappa shape index (κ3) is 3.35. The first-order valence-corrected chi connectivity index (χ1v) is 8.50. The molecule has 0 unspecified atom stereocenters. The fourth-order valence-electron chi connectivity index (χ4n) is 1.62. The van der Waals surface area contributed by atoms with Gasteiger partial charge in [0.05, 0.1) is 0 Å². The van der Waals surface area contributed by atoms with Crippen molar-refractivity contribution in [1.29, 1.82) is 0 Å². The van der Waals surface area contributed by atoms with Crippen LogP contribution in [0.3, 0.4) is 0 Å². The van der Waals surface area contributed by atoms with E-state index in [0.717, 1.165) is 18.2 Å². The van der Waals surface area contributed by atoms with Crippen LogP contribution in [0.25, 0.3) is 0 Å². The Hall–Kier alpha value is -1.19. The monoisotopic (exact) mass is 440 g/mol. The Bertz CT molecular complexity index is 770. The van der Waals surface area contributed by atoms with E-state index in [4.69, 9.17) is 5.73 Å². The van der Waals surface area contributed by atoms with Crippen molar-refractivity contribution in [2.75, 3.05) is 10.5 Å². The first kappa shape index (κ1) is 16.2. The van der Waals surface area contributed by atoms with Crippen LogP contribution in [0.15, 0.2) is 44.2 Å². The third-order valence-electron chi connectivity index (χ3n) is 2.49. The van der Waals surface area contributed by atoms with Gasteiger partial charge in [0, 0.05) is 14.6 Å². The second-order valence-corrected chi connectivity index (χ2v) is 7.34. The first-order valence-electron chi connectivity index (χ1n) is 5.43. The molecule has 0 saturated carbocycles. The molecule has 2 aromatic carbocycles. The van der Waals surface area contributed by atoms with Crippen molar-refractivity contribution in [1.82, 2.24) is 0 Å². The molecule has 0 amide bonds. The lowest BCUT2D eigenvalue weighted by atomic mass is 10.3. The van der Waals surface area contributed by atoms with Crippen LogP contribution in [0.2, 0.25) is 0 Å². The molecule has 0 aliphatic rings. The average molecular weight is 442 g/mol. The average Bonchev–Trinajstić information content (AvgIpc) is 2.32. The minimum Gasteiger partial charge on any atom is -0.399 e. The number of nitrogen functional groups attached to an aromatic ring is 1. The van der Waals surface area contributed by atoms with Gasteiger partial charge in [-0.15, -0.1) is 0 Å². The van der Waals surface area contributed by atoms with E-state index in [0.29, 0.717) is 5.69 Å².